The lowest BCUT2D eigenvalue weighted by Gasteiger charge is -2.31. The van der Waals surface area contributed by atoms with Crippen molar-refractivity contribution in [2.45, 2.75) is 82.5 Å². The second-order valence-corrected chi connectivity index (χ2v) is 9.43. The number of nitrogens with zero attached hydrogens (tertiary/aromatic N) is 4. The third-order valence-electron chi connectivity index (χ3n) is 5.26. The summed E-state index contributed by atoms with van der Waals surface area (Å²) in [6, 6.07) is 0.135. The Balaban J connectivity index is 1.76. The molecule has 27 heavy (non-hydrogen) atoms. The third kappa shape index (κ3) is 5.38. The van der Waals surface area contributed by atoms with Crippen molar-refractivity contribution in [3.63, 3.8) is 0 Å². The molecule has 2 atom stereocenters. The molecule has 2 aliphatic heterocycles. The summed E-state index contributed by atoms with van der Waals surface area (Å²) < 4.78 is 8.04. The van der Waals surface area contributed by atoms with Gasteiger partial charge in [0, 0.05) is 25.7 Å². The van der Waals surface area contributed by atoms with Gasteiger partial charge in [0.05, 0.1) is 17.9 Å². The predicted octanol–water partition coefficient (Wildman–Crippen LogP) is 2.70. The number of anilines is 1. The minimum Gasteiger partial charge on any atom is -0.376 e. The molecule has 1 aromatic heterocycles. The minimum atomic E-state index is -0.214. The van der Waals surface area contributed by atoms with Gasteiger partial charge in [-0.05, 0) is 52.4 Å². The van der Waals surface area contributed by atoms with Gasteiger partial charge < -0.3 is 15.0 Å². The zero-order valence-electron chi connectivity index (χ0n) is 17.0. The van der Waals surface area contributed by atoms with Crippen LogP contribution in [0.25, 0.3) is 0 Å². The number of thioether (sulfide) groups is 1. The van der Waals surface area contributed by atoms with Gasteiger partial charge in [0.25, 0.3) is 0 Å². The summed E-state index contributed by atoms with van der Waals surface area (Å²) in [5.41, 5.74) is 0. The maximum atomic E-state index is 12.3. The first kappa shape index (κ1) is 20.5. The molecule has 2 fully saturated rings. The predicted molar refractivity (Wildman–Crippen MR) is 108 cm³/mol. The van der Waals surface area contributed by atoms with E-state index in [2.05, 4.69) is 31.9 Å². The number of hydrogen-bond acceptors (Lipinski definition) is 6. The number of carbonyl (C=O) groups excluding carboxylic acids is 1. The largest absolute Gasteiger partial charge is 0.376 e. The molecule has 1 amide bonds. The number of hydrogen-bond donors (Lipinski definition) is 1. The highest BCUT2D eigenvalue weighted by molar-refractivity contribution is 8.00. The van der Waals surface area contributed by atoms with E-state index in [0.717, 1.165) is 56.1 Å². The van der Waals surface area contributed by atoms with Gasteiger partial charge in [-0.25, -0.2) is 0 Å². The van der Waals surface area contributed by atoms with E-state index in [0.29, 0.717) is 0 Å². The van der Waals surface area contributed by atoms with E-state index < -0.39 is 0 Å². The normalized spacial score (nSPS) is 22.4. The Hall–Kier alpha value is -1.28. The van der Waals surface area contributed by atoms with E-state index in [1.807, 2.05) is 20.8 Å². The Morgan fingerprint density at radius 2 is 2.00 bits per heavy atom. The second kappa shape index (κ2) is 9.28. The highest BCUT2D eigenvalue weighted by Gasteiger charge is 2.27. The lowest BCUT2D eigenvalue weighted by molar-refractivity contribution is -0.120. The van der Waals surface area contributed by atoms with Gasteiger partial charge in [0.1, 0.15) is 0 Å². The SMILES string of the molecule is CC1CCN(c2nnc(S[C@@H](C)C(=O)NC(C)C)n2C[C@H]2CCCO2)CC1. The fourth-order valence-corrected chi connectivity index (χ4v) is 4.44. The summed E-state index contributed by atoms with van der Waals surface area (Å²) in [5, 5.41) is 12.5. The average Bonchev–Trinajstić information content (AvgIpc) is 3.26. The Bertz CT molecular complexity index is 622. The standard InChI is InChI=1S/C19H33N5O2S/c1-13(2)20-17(25)15(4)27-19-22-21-18(23-9-7-14(3)8-10-23)24(19)12-16-6-5-11-26-16/h13-16H,5-12H2,1-4H3,(H,20,25)/t15-,16+/m0/s1. The molecule has 0 saturated carbocycles. The quantitative estimate of drug-likeness (QED) is 0.716. The number of aromatic nitrogens is 3. The average molecular weight is 396 g/mol. The van der Waals surface area contributed by atoms with Gasteiger partial charge in [-0.2, -0.15) is 0 Å². The van der Waals surface area contributed by atoms with Crippen LogP contribution in [0.4, 0.5) is 5.95 Å². The van der Waals surface area contributed by atoms with Crippen LogP contribution in [0.2, 0.25) is 0 Å². The van der Waals surface area contributed by atoms with Crippen LogP contribution in [0.1, 0.15) is 53.4 Å². The number of rotatable bonds is 7. The van der Waals surface area contributed by atoms with Crippen LogP contribution >= 0.6 is 11.8 Å². The van der Waals surface area contributed by atoms with Gasteiger partial charge in [-0.15, -0.1) is 10.2 Å². The minimum absolute atomic E-state index is 0.0370. The molecule has 0 bridgehead atoms. The van der Waals surface area contributed by atoms with Crippen molar-refractivity contribution >= 4 is 23.6 Å². The maximum Gasteiger partial charge on any atom is 0.233 e. The van der Waals surface area contributed by atoms with E-state index in [-0.39, 0.29) is 23.3 Å². The van der Waals surface area contributed by atoms with E-state index in [1.165, 1.54) is 24.6 Å². The lowest BCUT2D eigenvalue weighted by Crippen LogP contribution is -2.36. The van der Waals surface area contributed by atoms with E-state index >= 15 is 0 Å². The van der Waals surface area contributed by atoms with Crippen molar-refractivity contribution in [3.8, 4) is 0 Å². The molecule has 0 aliphatic carbocycles. The molecule has 2 aliphatic rings. The molecule has 2 saturated heterocycles. The van der Waals surface area contributed by atoms with Gasteiger partial charge in [-0.1, -0.05) is 18.7 Å². The van der Waals surface area contributed by atoms with Crippen LogP contribution in [0.15, 0.2) is 5.16 Å². The molecule has 1 aromatic rings. The van der Waals surface area contributed by atoms with Crippen molar-refractivity contribution in [3.05, 3.63) is 0 Å². The molecular weight excluding hydrogens is 362 g/mol. The summed E-state index contributed by atoms with van der Waals surface area (Å²) in [7, 11) is 0. The number of amides is 1. The van der Waals surface area contributed by atoms with E-state index in [9.17, 15) is 4.79 Å². The fraction of sp³-hybridized carbons (Fsp3) is 0.842. The molecule has 8 heteroatoms. The Kier molecular flexibility index (Phi) is 7.03. The topological polar surface area (TPSA) is 72.3 Å². The smallest absolute Gasteiger partial charge is 0.233 e. The van der Waals surface area contributed by atoms with Crippen LogP contribution < -0.4 is 10.2 Å². The second-order valence-electron chi connectivity index (χ2n) is 8.12. The first-order valence-corrected chi connectivity index (χ1v) is 11.1. The maximum absolute atomic E-state index is 12.3. The van der Waals surface area contributed by atoms with Crippen molar-refractivity contribution < 1.29 is 9.53 Å². The van der Waals surface area contributed by atoms with Crippen molar-refractivity contribution in [2.24, 2.45) is 5.92 Å². The highest BCUT2D eigenvalue weighted by atomic mass is 32.2. The van der Waals surface area contributed by atoms with Gasteiger partial charge >= 0.3 is 0 Å². The highest BCUT2D eigenvalue weighted by Crippen LogP contribution is 2.29. The molecule has 0 spiro atoms. The Morgan fingerprint density at radius 3 is 2.63 bits per heavy atom. The number of ether oxygens (including phenoxy) is 1. The number of piperidine rings is 1. The fourth-order valence-electron chi connectivity index (χ4n) is 3.58. The zero-order chi connectivity index (χ0) is 19.4. The van der Waals surface area contributed by atoms with E-state index in [1.54, 1.807) is 0 Å². The molecule has 0 unspecified atom stereocenters. The molecule has 152 valence electrons. The molecule has 3 heterocycles. The summed E-state index contributed by atoms with van der Waals surface area (Å²) >= 11 is 1.48. The lowest BCUT2D eigenvalue weighted by atomic mass is 10.00. The molecule has 0 radical (unpaired) electrons. The third-order valence-corrected chi connectivity index (χ3v) is 6.34. The molecule has 7 nitrogen and oxygen atoms in total. The Labute approximate surface area is 166 Å². The van der Waals surface area contributed by atoms with Crippen LogP contribution in [0, 0.1) is 5.92 Å². The number of nitrogens with one attached hydrogen (secondary N) is 1. The first-order valence-electron chi connectivity index (χ1n) is 10.2. The first-order chi connectivity index (χ1) is 12.9. The summed E-state index contributed by atoms with van der Waals surface area (Å²) in [5.74, 6) is 1.73. The van der Waals surface area contributed by atoms with Crippen LogP contribution in [-0.4, -0.2) is 57.8 Å². The van der Waals surface area contributed by atoms with Gasteiger partial charge in [0.2, 0.25) is 11.9 Å². The molecular formula is C19H33N5O2S. The summed E-state index contributed by atoms with van der Waals surface area (Å²) in [6.07, 6.45) is 4.76. The zero-order valence-corrected chi connectivity index (χ0v) is 17.8. The van der Waals surface area contributed by atoms with Crippen molar-refractivity contribution in [1.82, 2.24) is 20.1 Å². The van der Waals surface area contributed by atoms with E-state index in [4.69, 9.17) is 4.74 Å². The van der Waals surface area contributed by atoms with Gasteiger partial charge in [0.15, 0.2) is 5.16 Å². The molecule has 0 aromatic carbocycles. The summed E-state index contributed by atoms with van der Waals surface area (Å²) in [6.45, 7) is 11.8. The van der Waals surface area contributed by atoms with Crippen LogP contribution in [0.5, 0.6) is 0 Å². The van der Waals surface area contributed by atoms with Crippen molar-refractivity contribution in [1.29, 1.82) is 0 Å². The summed E-state index contributed by atoms with van der Waals surface area (Å²) in [4.78, 5) is 14.7. The Morgan fingerprint density at radius 1 is 1.26 bits per heavy atom. The molecule has 3 rings (SSSR count). The molecule has 1 N–H and O–H groups in total. The van der Waals surface area contributed by atoms with Crippen LogP contribution in [-0.2, 0) is 16.1 Å². The van der Waals surface area contributed by atoms with Gasteiger partial charge in [-0.3, -0.25) is 9.36 Å². The monoisotopic (exact) mass is 395 g/mol. The van der Waals surface area contributed by atoms with Crippen molar-refractivity contribution in [2.75, 3.05) is 24.6 Å². The number of carbonyl (C=O) groups is 1. The van der Waals surface area contributed by atoms with Crippen LogP contribution in [0.3, 0.4) is 0 Å².